The van der Waals surface area contributed by atoms with Gasteiger partial charge in [-0.05, 0) is 57.4 Å². The number of rotatable bonds is 8. The number of urea groups is 1. The van der Waals surface area contributed by atoms with E-state index in [1.54, 1.807) is 25.3 Å². The van der Waals surface area contributed by atoms with E-state index in [0.717, 1.165) is 18.4 Å². The summed E-state index contributed by atoms with van der Waals surface area (Å²) in [5.74, 6) is -0.100. The molecule has 0 aliphatic heterocycles. The summed E-state index contributed by atoms with van der Waals surface area (Å²) in [5.41, 5.74) is 2.12. The number of hydrogen-bond acceptors (Lipinski definition) is 3. The Bertz CT molecular complexity index is 560. The predicted octanol–water partition coefficient (Wildman–Crippen LogP) is 3.07. The minimum absolute atomic E-state index is 0.0193. The van der Waals surface area contributed by atoms with Crippen LogP contribution in [0.25, 0.3) is 0 Å². The van der Waals surface area contributed by atoms with E-state index < -0.39 is 0 Å². The van der Waals surface area contributed by atoms with E-state index in [0.29, 0.717) is 17.9 Å². The molecule has 0 fully saturated rings. The van der Waals surface area contributed by atoms with Gasteiger partial charge in [0, 0.05) is 37.1 Å². The number of methoxy groups -OCH3 is 1. The highest BCUT2D eigenvalue weighted by Crippen LogP contribution is 2.17. The van der Waals surface area contributed by atoms with Gasteiger partial charge in [0.1, 0.15) is 0 Å². The van der Waals surface area contributed by atoms with Gasteiger partial charge in [0.25, 0.3) is 5.91 Å². The Morgan fingerprint density at radius 2 is 1.88 bits per heavy atom. The van der Waals surface area contributed by atoms with Gasteiger partial charge in [0.15, 0.2) is 0 Å². The maximum absolute atomic E-state index is 12.1. The number of hydrogen-bond donors (Lipinski definition) is 3. The van der Waals surface area contributed by atoms with Crippen molar-refractivity contribution in [2.45, 2.75) is 52.6 Å². The summed E-state index contributed by atoms with van der Waals surface area (Å²) < 4.78 is 4.99. The molecule has 2 atom stereocenters. The van der Waals surface area contributed by atoms with Crippen molar-refractivity contribution >= 4 is 17.6 Å². The molecule has 0 radical (unpaired) electrons. The molecular weight excluding hydrogens is 306 g/mol. The molecule has 6 heteroatoms. The van der Waals surface area contributed by atoms with Crippen LogP contribution >= 0.6 is 0 Å². The molecule has 0 bridgehead atoms. The molecule has 134 valence electrons. The van der Waals surface area contributed by atoms with Crippen molar-refractivity contribution in [3.05, 3.63) is 29.3 Å². The number of anilines is 1. The number of aryl methyl sites for hydroxylation is 1. The van der Waals surface area contributed by atoms with Crippen LogP contribution in [0.15, 0.2) is 18.2 Å². The van der Waals surface area contributed by atoms with Gasteiger partial charge in [-0.2, -0.15) is 0 Å². The molecule has 1 aromatic rings. The number of nitrogens with one attached hydrogen (secondary N) is 3. The van der Waals surface area contributed by atoms with Crippen molar-refractivity contribution in [2.24, 2.45) is 0 Å². The van der Waals surface area contributed by atoms with Gasteiger partial charge in [-0.15, -0.1) is 0 Å². The van der Waals surface area contributed by atoms with Crippen LogP contribution in [0.4, 0.5) is 10.5 Å². The normalized spacial score (nSPS) is 13.0. The monoisotopic (exact) mass is 335 g/mol. The van der Waals surface area contributed by atoms with Crippen LogP contribution in [-0.4, -0.2) is 37.7 Å². The molecule has 0 saturated carbocycles. The summed E-state index contributed by atoms with van der Waals surface area (Å²) in [4.78, 5) is 24.1. The fraction of sp³-hybridized carbons (Fsp3) is 0.556. The average Bonchev–Trinajstić information content (AvgIpc) is 2.54. The molecular formula is C18H29N3O3. The first kappa shape index (κ1) is 20.0. The van der Waals surface area contributed by atoms with Crippen molar-refractivity contribution < 1.29 is 14.3 Å². The van der Waals surface area contributed by atoms with Crippen LogP contribution in [0, 0.1) is 6.92 Å². The summed E-state index contributed by atoms with van der Waals surface area (Å²) in [7, 11) is 1.63. The Balaban J connectivity index is 2.64. The van der Waals surface area contributed by atoms with E-state index in [9.17, 15) is 9.59 Å². The Labute approximate surface area is 144 Å². The van der Waals surface area contributed by atoms with E-state index in [-0.39, 0.29) is 24.0 Å². The van der Waals surface area contributed by atoms with E-state index >= 15 is 0 Å². The Morgan fingerprint density at radius 1 is 1.17 bits per heavy atom. The lowest BCUT2D eigenvalue weighted by Crippen LogP contribution is -2.36. The molecule has 1 aromatic carbocycles. The zero-order chi connectivity index (χ0) is 18.1. The second-order valence-electron chi connectivity index (χ2n) is 6.09. The standard InChI is InChI=1S/C18H29N3O3/c1-6-13(3)19-17(22)15-7-8-16(12(2)11-15)21-18(23)20-14(4)9-10-24-5/h7-8,11,13-14H,6,9-10H2,1-5H3,(H,19,22)(H2,20,21,23). The molecule has 24 heavy (non-hydrogen) atoms. The summed E-state index contributed by atoms with van der Waals surface area (Å²) >= 11 is 0. The molecule has 3 amide bonds. The van der Waals surface area contributed by atoms with Crippen LogP contribution < -0.4 is 16.0 Å². The molecule has 6 nitrogen and oxygen atoms in total. The van der Waals surface area contributed by atoms with Crippen LogP contribution in [0.3, 0.4) is 0 Å². The fourth-order valence-electron chi connectivity index (χ4n) is 2.10. The van der Waals surface area contributed by atoms with E-state index in [2.05, 4.69) is 16.0 Å². The Hall–Kier alpha value is -2.08. The summed E-state index contributed by atoms with van der Waals surface area (Å²) in [6.45, 7) is 8.38. The lowest BCUT2D eigenvalue weighted by Gasteiger charge is -2.16. The highest BCUT2D eigenvalue weighted by molar-refractivity contribution is 5.96. The third-order valence-corrected chi connectivity index (χ3v) is 3.86. The Morgan fingerprint density at radius 3 is 2.46 bits per heavy atom. The van der Waals surface area contributed by atoms with Crippen molar-refractivity contribution in [3.8, 4) is 0 Å². The third-order valence-electron chi connectivity index (χ3n) is 3.86. The van der Waals surface area contributed by atoms with E-state index in [1.807, 2.05) is 27.7 Å². The first-order chi connectivity index (χ1) is 11.4. The number of benzene rings is 1. The quantitative estimate of drug-likeness (QED) is 0.683. The second-order valence-corrected chi connectivity index (χ2v) is 6.09. The van der Waals surface area contributed by atoms with Crippen LogP contribution in [0.1, 0.15) is 49.5 Å². The molecule has 0 aliphatic carbocycles. The number of amides is 3. The van der Waals surface area contributed by atoms with Gasteiger partial charge >= 0.3 is 6.03 Å². The minimum atomic E-state index is -0.265. The molecule has 2 unspecified atom stereocenters. The molecule has 1 rings (SSSR count). The van der Waals surface area contributed by atoms with Gasteiger partial charge in [0.2, 0.25) is 0 Å². The molecule has 3 N–H and O–H groups in total. The largest absolute Gasteiger partial charge is 0.385 e. The second kappa shape index (κ2) is 9.93. The predicted molar refractivity (Wildman–Crippen MR) is 96.5 cm³/mol. The summed E-state index contributed by atoms with van der Waals surface area (Å²) in [5, 5.41) is 8.59. The highest BCUT2D eigenvalue weighted by atomic mass is 16.5. The lowest BCUT2D eigenvalue weighted by molar-refractivity contribution is 0.0939. The zero-order valence-corrected chi connectivity index (χ0v) is 15.2. The van der Waals surface area contributed by atoms with Crippen molar-refractivity contribution in [3.63, 3.8) is 0 Å². The highest BCUT2D eigenvalue weighted by Gasteiger charge is 2.12. The van der Waals surface area contributed by atoms with Gasteiger partial charge in [0.05, 0.1) is 0 Å². The molecule has 0 aliphatic rings. The van der Waals surface area contributed by atoms with Gasteiger partial charge in [-0.3, -0.25) is 4.79 Å². The maximum atomic E-state index is 12.1. The first-order valence-corrected chi connectivity index (χ1v) is 8.35. The number of carbonyl (C=O) groups excluding carboxylic acids is 2. The first-order valence-electron chi connectivity index (χ1n) is 8.35. The van der Waals surface area contributed by atoms with Crippen LogP contribution in [0.2, 0.25) is 0 Å². The zero-order valence-electron chi connectivity index (χ0n) is 15.2. The number of carbonyl (C=O) groups is 2. The SMILES string of the molecule is CCC(C)NC(=O)c1ccc(NC(=O)NC(C)CCOC)c(C)c1. The van der Waals surface area contributed by atoms with Gasteiger partial charge < -0.3 is 20.7 Å². The molecule has 0 spiro atoms. The molecule has 0 aromatic heterocycles. The molecule has 0 heterocycles. The van der Waals surface area contributed by atoms with Crippen LogP contribution in [0.5, 0.6) is 0 Å². The van der Waals surface area contributed by atoms with Crippen molar-refractivity contribution in [2.75, 3.05) is 19.0 Å². The smallest absolute Gasteiger partial charge is 0.319 e. The third kappa shape index (κ3) is 6.58. The van der Waals surface area contributed by atoms with E-state index in [1.165, 1.54) is 0 Å². The Kier molecular flexibility index (Phi) is 8.26. The van der Waals surface area contributed by atoms with E-state index in [4.69, 9.17) is 4.74 Å². The topological polar surface area (TPSA) is 79.5 Å². The molecule has 0 saturated heterocycles. The fourth-order valence-corrected chi connectivity index (χ4v) is 2.10. The van der Waals surface area contributed by atoms with Crippen molar-refractivity contribution in [1.29, 1.82) is 0 Å². The van der Waals surface area contributed by atoms with Crippen LogP contribution in [-0.2, 0) is 4.74 Å². The van der Waals surface area contributed by atoms with Gasteiger partial charge in [-0.25, -0.2) is 4.79 Å². The number of ether oxygens (including phenoxy) is 1. The lowest BCUT2D eigenvalue weighted by atomic mass is 10.1. The maximum Gasteiger partial charge on any atom is 0.319 e. The van der Waals surface area contributed by atoms with Gasteiger partial charge in [-0.1, -0.05) is 6.92 Å². The average molecular weight is 335 g/mol. The minimum Gasteiger partial charge on any atom is -0.385 e. The summed E-state index contributed by atoms with van der Waals surface area (Å²) in [6.07, 6.45) is 1.63. The van der Waals surface area contributed by atoms with Crippen molar-refractivity contribution in [1.82, 2.24) is 10.6 Å². The summed E-state index contributed by atoms with van der Waals surface area (Å²) in [6, 6.07) is 5.13.